The molecule has 0 aliphatic rings. The molecular weight excluding hydrogens is 304 g/mol. The summed E-state index contributed by atoms with van der Waals surface area (Å²) in [5.41, 5.74) is 3.62. The Morgan fingerprint density at radius 1 is 1.26 bits per heavy atom. The van der Waals surface area contributed by atoms with E-state index in [0.717, 1.165) is 28.5 Å². The lowest BCUT2D eigenvalue weighted by Crippen LogP contribution is -1.89. The molecule has 19 heavy (non-hydrogen) atoms. The van der Waals surface area contributed by atoms with Gasteiger partial charge in [-0.1, -0.05) is 34.1 Å². The number of carbonyl (C=O) groups excluding carboxylic acids is 1. The fourth-order valence-electron chi connectivity index (χ4n) is 2.05. The minimum Gasteiger partial charge on any atom is -0.307 e. The van der Waals surface area contributed by atoms with E-state index < -0.39 is 0 Å². The van der Waals surface area contributed by atoms with E-state index >= 15 is 0 Å². The molecule has 0 saturated carbocycles. The predicted molar refractivity (Wildman–Crippen MR) is 77.5 cm³/mol. The van der Waals surface area contributed by atoms with Gasteiger partial charge in [0.25, 0.3) is 0 Å². The molecule has 0 aliphatic carbocycles. The fourth-order valence-corrected chi connectivity index (χ4v) is 2.47. The van der Waals surface area contributed by atoms with E-state index in [4.69, 9.17) is 0 Å². The average molecular weight is 315 g/mol. The number of halogens is 1. The first-order valence-electron chi connectivity index (χ1n) is 5.92. The molecular formula is C15H11BrN2O. The van der Waals surface area contributed by atoms with Gasteiger partial charge in [0.05, 0.1) is 5.69 Å². The molecule has 4 heteroatoms. The maximum absolute atomic E-state index is 10.7. The lowest BCUT2D eigenvalue weighted by Gasteiger charge is -2.00. The van der Waals surface area contributed by atoms with E-state index in [1.165, 1.54) is 5.56 Å². The molecule has 0 spiro atoms. The van der Waals surface area contributed by atoms with Crippen LogP contribution in [0.15, 0.2) is 53.3 Å². The minimum atomic E-state index is 0.644. The third-order valence-corrected chi connectivity index (χ3v) is 3.77. The number of aldehydes is 1. The Hall–Kier alpha value is -1.94. The summed E-state index contributed by atoms with van der Waals surface area (Å²) < 4.78 is 3.01. The van der Waals surface area contributed by atoms with Crippen LogP contribution >= 0.6 is 15.9 Å². The first-order chi connectivity index (χ1) is 9.26. The number of nitrogens with zero attached hydrogens (tertiary/aromatic N) is 2. The quantitative estimate of drug-likeness (QED) is 0.693. The number of aromatic nitrogens is 2. The van der Waals surface area contributed by atoms with Gasteiger partial charge < -0.3 is 4.40 Å². The first-order valence-corrected chi connectivity index (χ1v) is 6.72. The number of hydrogen-bond acceptors (Lipinski definition) is 2. The highest BCUT2D eigenvalue weighted by Gasteiger charge is 2.05. The van der Waals surface area contributed by atoms with Crippen molar-refractivity contribution in [1.29, 1.82) is 0 Å². The molecule has 94 valence electrons. The van der Waals surface area contributed by atoms with Crippen LogP contribution in [-0.2, 0) is 6.42 Å². The van der Waals surface area contributed by atoms with Crippen molar-refractivity contribution in [3.8, 4) is 0 Å². The van der Waals surface area contributed by atoms with Crippen molar-refractivity contribution in [2.45, 2.75) is 6.42 Å². The van der Waals surface area contributed by atoms with Gasteiger partial charge in [0, 0.05) is 28.9 Å². The van der Waals surface area contributed by atoms with Crippen molar-refractivity contribution < 1.29 is 4.79 Å². The highest BCUT2D eigenvalue weighted by Crippen LogP contribution is 2.19. The fraction of sp³-hybridized carbons (Fsp3) is 0.0667. The molecule has 3 nitrogen and oxygen atoms in total. The number of benzene rings is 1. The van der Waals surface area contributed by atoms with Gasteiger partial charge in [-0.3, -0.25) is 4.79 Å². The molecule has 0 N–H and O–H groups in total. The minimum absolute atomic E-state index is 0.644. The van der Waals surface area contributed by atoms with Crippen LogP contribution in [0, 0.1) is 0 Å². The number of fused-ring (bicyclic) bond motifs is 1. The SMILES string of the molecule is O=Cc1ccn2cc(Cc3ccccc3Br)nc2c1. The second kappa shape index (κ2) is 4.97. The van der Waals surface area contributed by atoms with Gasteiger partial charge in [0.15, 0.2) is 0 Å². The number of carbonyl (C=O) groups is 1. The zero-order valence-electron chi connectivity index (χ0n) is 10.1. The molecule has 0 bridgehead atoms. The van der Waals surface area contributed by atoms with Gasteiger partial charge in [0.2, 0.25) is 0 Å². The van der Waals surface area contributed by atoms with E-state index in [2.05, 4.69) is 27.0 Å². The molecule has 0 atom stereocenters. The van der Waals surface area contributed by atoms with E-state index in [1.54, 1.807) is 12.1 Å². The van der Waals surface area contributed by atoms with E-state index in [9.17, 15) is 4.79 Å². The number of imidazole rings is 1. The third-order valence-electron chi connectivity index (χ3n) is 3.00. The van der Waals surface area contributed by atoms with Crippen molar-refractivity contribution >= 4 is 27.9 Å². The van der Waals surface area contributed by atoms with Gasteiger partial charge >= 0.3 is 0 Å². The van der Waals surface area contributed by atoms with E-state index in [-0.39, 0.29) is 0 Å². The summed E-state index contributed by atoms with van der Waals surface area (Å²) in [4.78, 5) is 15.3. The van der Waals surface area contributed by atoms with Crippen LogP contribution in [-0.4, -0.2) is 15.7 Å². The zero-order valence-corrected chi connectivity index (χ0v) is 11.7. The Kier molecular flexibility index (Phi) is 3.17. The van der Waals surface area contributed by atoms with E-state index in [1.807, 2.05) is 35.0 Å². The summed E-state index contributed by atoms with van der Waals surface area (Å²) >= 11 is 3.54. The molecule has 2 aromatic heterocycles. The number of rotatable bonds is 3. The highest BCUT2D eigenvalue weighted by molar-refractivity contribution is 9.10. The Morgan fingerprint density at radius 3 is 2.89 bits per heavy atom. The molecule has 3 rings (SSSR count). The highest BCUT2D eigenvalue weighted by atomic mass is 79.9. The number of pyridine rings is 1. The first kappa shape index (κ1) is 12.1. The molecule has 0 saturated heterocycles. The Morgan fingerprint density at radius 2 is 2.11 bits per heavy atom. The lowest BCUT2D eigenvalue weighted by atomic mass is 10.1. The van der Waals surface area contributed by atoms with Crippen molar-refractivity contribution in [2.24, 2.45) is 0 Å². The molecule has 0 amide bonds. The van der Waals surface area contributed by atoms with Crippen LogP contribution in [0.2, 0.25) is 0 Å². The van der Waals surface area contributed by atoms with Gasteiger partial charge in [-0.25, -0.2) is 4.98 Å². The normalized spacial score (nSPS) is 10.8. The predicted octanol–water partition coefficient (Wildman–Crippen LogP) is 3.50. The zero-order chi connectivity index (χ0) is 13.2. The van der Waals surface area contributed by atoms with E-state index in [0.29, 0.717) is 5.56 Å². The molecule has 3 aromatic rings. The largest absolute Gasteiger partial charge is 0.307 e. The van der Waals surface area contributed by atoms with Gasteiger partial charge in [-0.2, -0.15) is 0 Å². The summed E-state index contributed by atoms with van der Waals surface area (Å²) in [5, 5.41) is 0. The summed E-state index contributed by atoms with van der Waals surface area (Å²) in [6.45, 7) is 0. The van der Waals surface area contributed by atoms with Crippen molar-refractivity contribution in [2.75, 3.05) is 0 Å². The topological polar surface area (TPSA) is 34.4 Å². The van der Waals surface area contributed by atoms with Crippen LogP contribution in [0.3, 0.4) is 0 Å². The van der Waals surface area contributed by atoms with Crippen molar-refractivity contribution in [3.63, 3.8) is 0 Å². The van der Waals surface area contributed by atoms with Crippen LogP contribution < -0.4 is 0 Å². The third kappa shape index (κ3) is 2.44. The monoisotopic (exact) mass is 314 g/mol. The second-order valence-corrected chi connectivity index (χ2v) is 5.20. The Balaban J connectivity index is 1.98. The van der Waals surface area contributed by atoms with Crippen LogP contribution in [0.4, 0.5) is 0 Å². The Bertz CT molecular complexity index is 749. The maximum Gasteiger partial charge on any atom is 0.150 e. The van der Waals surface area contributed by atoms with Gasteiger partial charge in [0.1, 0.15) is 11.9 Å². The van der Waals surface area contributed by atoms with Gasteiger partial charge in [-0.05, 0) is 23.8 Å². The van der Waals surface area contributed by atoms with Crippen LogP contribution in [0.5, 0.6) is 0 Å². The molecule has 2 heterocycles. The smallest absolute Gasteiger partial charge is 0.150 e. The molecule has 1 aromatic carbocycles. The summed E-state index contributed by atoms with van der Waals surface area (Å²) in [6.07, 6.45) is 5.45. The average Bonchev–Trinajstić information content (AvgIpc) is 2.82. The molecule has 0 radical (unpaired) electrons. The molecule has 0 aliphatic heterocycles. The van der Waals surface area contributed by atoms with Crippen molar-refractivity contribution in [1.82, 2.24) is 9.38 Å². The molecule has 0 fully saturated rings. The van der Waals surface area contributed by atoms with Crippen molar-refractivity contribution in [3.05, 3.63) is 70.1 Å². The summed E-state index contributed by atoms with van der Waals surface area (Å²) in [7, 11) is 0. The summed E-state index contributed by atoms with van der Waals surface area (Å²) in [5.74, 6) is 0. The summed E-state index contributed by atoms with van der Waals surface area (Å²) in [6, 6.07) is 11.7. The maximum atomic E-state index is 10.7. The lowest BCUT2D eigenvalue weighted by molar-refractivity contribution is 0.112. The van der Waals surface area contributed by atoms with Crippen LogP contribution in [0.25, 0.3) is 5.65 Å². The number of hydrogen-bond donors (Lipinski definition) is 0. The second-order valence-electron chi connectivity index (χ2n) is 4.34. The molecule has 0 unspecified atom stereocenters. The van der Waals surface area contributed by atoms with Gasteiger partial charge in [-0.15, -0.1) is 0 Å². The standard InChI is InChI=1S/C15H11BrN2O/c16-14-4-2-1-3-12(14)8-13-9-18-6-5-11(10-19)7-15(18)17-13/h1-7,9-10H,8H2. The van der Waals surface area contributed by atoms with Crippen LogP contribution in [0.1, 0.15) is 21.6 Å². The Labute approximate surface area is 119 Å².